The van der Waals surface area contributed by atoms with Crippen LogP contribution in [0, 0.1) is 0 Å². The van der Waals surface area contributed by atoms with E-state index in [4.69, 9.17) is 13.9 Å². The molecule has 2 rings (SSSR count). The molecule has 0 radical (unpaired) electrons. The highest BCUT2D eigenvalue weighted by Crippen LogP contribution is 2.28. The maximum Gasteiger partial charge on any atom is 0.276 e. The van der Waals surface area contributed by atoms with Crippen molar-refractivity contribution >= 4 is 18.0 Å². The van der Waals surface area contributed by atoms with Gasteiger partial charge in [-0.1, -0.05) is 18.7 Å². The van der Waals surface area contributed by atoms with E-state index in [1.54, 1.807) is 18.2 Å². The van der Waals surface area contributed by atoms with Gasteiger partial charge in [0.2, 0.25) is 5.89 Å². The van der Waals surface area contributed by atoms with Crippen molar-refractivity contribution in [2.24, 2.45) is 0 Å². The van der Waals surface area contributed by atoms with Crippen molar-refractivity contribution in [3.05, 3.63) is 29.7 Å². The summed E-state index contributed by atoms with van der Waals surface area (Å²) in [6, 6.07) is 5.11. The van der Waals surface area contributed by atoms with Gasteiger partial charge in [0, 0.05) is 17.7 Å². The van der Waals surface area contributed by atoms with Crippen LogP contribution in [0.5, 0.6) is 11.5 Å². The minimum atomic E-state index is 0.467. The van der Waals surface area contributed by atoms with E-state index in [1.807, 2.05) is 13.8 Å². The molecule has 0 aliphatic heterocycles. The van der Waals surface area contributed by atoms with Gasteiger partial charge in [-0.05, 0) is 25.1 Å². The summed E-state index contributed by atoms with van der Waals surface area (Å²) in [7, 11) is 0. The largest absolute Gasteiger partial charge is 0.490 e. The lowest BCUT2D eigenvalue weighted by Gasteiger charge is -2.11. The fraction of sp³-hybridized carbons (Fsp3) is 0.400. The summed E-state index contributed by atoms with van der Waals surface area (Å²) in [6.07, 6.45) is 1.51. The smallest absolute Gasteiger partial charge is 0.276 e. The molecule has 0 saturated carbocycles. The van der Waals surface area contributed by atoms with Crippen LogP contribution in [0.2, 0.25) is 0 Å². The van der Waals surface area contributed by atoms with E-state index in [0.29, 0.717) is 47.1 Å². The summed E-state index contributed by atoms with van der Waals surface area (Å²) >= 11 is 1.44. The summed E-state index contributed by atoms with van der Waals surface area (Å²) < 4.78 is 16.6. The summed E-state index contributed by atoms with van der Waals surface area (Å²) in [5.74, 6) is 2.49. The number of carbonyl (C=O) groups is 1. The van der Waals surface area contributed by atoms with Crippen LogP contribution < -0.4 is 9.47 Å². The van der Waals surface area contributed by atoms with Gasteiger partial charge in [0.25, 0.3) is 5.22 Å². The average molecular weight is 322 g/mol. The predicted molar refractivity (Wildman–Crippen MR) is 82.9 cm³/mol. The van der Waals surface area contributed by atoms with Crippen LogP contribution in [0.25, 0.3) is 0 Å². The van der Waals surface area contributed by atoms with Gasteiger partial charge in [-0.2, -0.15) is 0 Å². The molecule has 1 heterocycles. The van der Waals surface area contributed by atoms with Crippen LogP contribution in [0.3, 0.4) is 0 Å². The zero-order chi connectivity index (χ0) is 15.8. The molecule has 0 atom stereocenters. The Kier molecular flexibility index (Phi) is 6.27. The summed E-state index contributed by atoms with van der Waals surface area (Å²) in [5, 5.41) is 8.37. The highest BCUT2D eigenvalue weighted by atomic mass is 32.2. The first-order valence-electron chi connectivity index (χ1n) is 7.06. The average Bonchev–Trinajstić information content (AvgIpc) is 3.01. The molecule has 0 fully saturated rings. The molecule has 0 bridgehead atoms. The van der Waals surface area contributed by atoms with Gasteiger partial charge in [0.15, 0.2) is 11.5 Å². The van der Waals surface area contributed by atoms with Gasteiger partial charge in [-0.3, -0.25) is 4.79 Å². The van der Waals surface area contributed by atoms with Gasteiger partial charge < -0.3 is 13.9 Å². The Morgan fingerprint density at radius 3 is 2.77 bits per heavy atom. The molecule has 6 nitrogen and oxygen atoms in total. The number of aromatic nitrogens is 2. The van der Waals surface area contributed by atoms with Gasteiger partial charge in [0.1, 0.15) is 6.29 Å². The van der Waals surface area contributed by atoms with E-state index in [9.17, 15) is 4.79 Å². The number of benzene rings is 1. The van der Waals surface area contributed by atoms with E-state index < -0.39 is 0 Å². The Bertz CT molecular complexity index is 615. The van der Waals surface area contributed by atoms with Gasteiger partial charge in [-0.15, -0.1) is 10.2 Å². The lowest BCUT2D eigenvalue weighted by Crippen LogP contribution is -2.03. The summed E-state index contributed by atoms with van der Waals surface area (Å²) in [4.78, 5) is 10.8. The third-order valence-electron chi connectivity index (χ3n) is 2.72. The van der Waals surface area contributed by atoms with E-state index in [-0.39, 0.29) is 0 Å². The van der Waals surface area contributed by atoms with Crippen molar-refractivity contribution in [3.8, 4) is 11.5 Å². The monoisotopic (exact) mass is 322 g/mol. The molecule has 0 unspecified atom stereocenters. The van der Waals surface area contributed by atoms with Crippen molar-refractivity contribution in [3.63, 3.8) is 0 Å². The van der Waals surface area contributed by atoms with Crippen molar-refractivity contribution in [1.82, 2.24) is 10.2 Å². The zero-order valence-corrected chi connectivity index (χ0v) is 13.4. The molecule has 2 aromatic rings. The zero-order valence-electron chi connectivity index (χ0n) is 12.6. The highest BCUT2D eigenvalue weighted by molar-refractivity contribution is 7.99. The van der Waals surface area contributed by atoms with Crippen molar-refractivity contribution in [2.75, 3.05) is 19.0 Å². The maximum absolute atomic E-state index is 10.8. The second-order valence-electron chi connectivity index (χ2n) is 4.27. The number of hydrogen-bond acceptors (Lipinski definition) is 7. The number of carbonyl (C=O) groups excluding carboxylic acids is 1. The molecule has 118 valence electrons. The lowest BCUT2D eigenvalue weighted by atomic mass is 10.2. The number of hydrogen-bond donors (Lipinski definition) is 0. The quantitative estimate of drug-likeness (QED) is 0.399. The van der Waals surface area contributed by atoms with E-state index in [2.05, 4.69) is 10.2 Å². The molecule has 0 spiro atoms. The Labute approximate surface area is 133 Å². The molecule has 0 aliphatic rings. The Morgan fingerprint density at radius 2 is 2.09 bits per heavy atom. The van der Waals surface area contributed by atoms with Gasteiger partial charge in [0.05, 0.1) is 13.2 Å². The topological polar surface area (TPSA) is 74.5 Å². The molecular formula is C15H18N2O4S. The number of aldehydes is 1. The second kappa shape index (κ2) is 8.43. The van der Waals surface area contributed by atoms with E-state index in [1.165, 1.54) is 11.8 Å². The molecule has 7 heteroatoms. The Hall–Kier alpha value is -2.02. The van der Waals surface area contributed by atoms with Crippen LogP contribution in [0.15, 0.2) is 27.8 Å². The first-order valence-corrected chi connectivity index (χ1v) is 8.05. The third kappa shape index (κ3) is 4.49. The molecule has 0 N–H and O–H groups in total. The normalized spacial score (nSPS) is 10.5. The second-order valence-corrected chi connectivity index (χ2v) is 5.32. The molecule has 0 saturated heterocycles. The molecule has 1 aromatic heterocycles. The number of ether oxygens (including phenoxy) is 2. The minimum Gasteiger partial charge on any atom is -0.490 e. The predicted octanol–water partition coefficient (Wildman–Crippen LogP) is 3.01. The third-order valence-corrected chi connectivity index (χ3v) is 3.50. The standard InChI is InChI=1S/C15H18N2O4S/c1-3-14-16-17-15(21-14)22-8-7-20-12-6-5-11(10-18)9-13(12)19-4-2/h5-6,9-10H,3-4,7-8H2,1-2H3. The highest BCUT2D eigenvalue weighted by Gasteiger charge is 2.08. The molecule has 22 heavy (non-hydrogen) atoms. The lowest BCUT2D eigenvalue weighted by molar-refractivity contribution is 0.112. The SMILES string of the molecule is CCOc1cc(C=O)ccc1OCCSc1nnc(CC)o1. The van der Waals surface area contributed by atoms with Crippen molar-refractivity contribution in [1.29, 1.82) is 0 Å². The van der Waals surface area contributed by atoms with Crippen LogP contribution in [0.1, 0.15) is 30.1 Å². The molecule has 1 aromatic carbocycles. The van der Waals surface area contributed by atoms with Crippen LogP contribution in [-0.2, 0) is 6.42 Å². The van der Waals surface area contributed by atoms with Gasteiger partial charge >= 0.3 is 0 Å². The fourth-order valence-corrected chi connectivity index (χ4v) is 2.30. The molecule has 0 aliphatic carbocycles. The van der Waals surface area contributed by atoms with E-state index in [0.717, 1.165) is 12.7 Å². The molecular weight excluding hydrogens is 304 g/mol. The van der Waals surface area contributed by atoms with Crippen molar-refractivity contribution in [2.45, 2.75) is 25.5 Å². The Morgan fingerprint density at radius 1 is 1.23 bits per heavy atom. The summed E-state index contributed by atoms with van der Waals surface area (Å²) in [6.45, 7) is 4.82. The number of nitrogens with zero attached hydrogens (tertiary/aromatic N) is 2. The van der Waals surface area contributed by atoms with Crippen LogP contribution in [-0.4, -0.2) is 35.5 Å². The number of rotatable bonds is 9. The van der Waals surface area contributed by atoms with Gasteiger partial charge in [-0.25, -0.2) is 0 Å². The van der Waals surface area contributed by atoms with Crippen LogP contribution >= 0.6 is 11.8 Å². The number of aryl methyl sites for hydroxylation is 1. The first-order chi connectivity index (χ1) is 10.8. The summed E-state index contributed by atoms with van der Waals surface area (Å²) in [5.41, 5.74) is 0.558. The number of thioether (sulfide) groups is 1. The minimum absolute atomic E-state index is 0.467. The van der Waals surface area contributed by atoms with E-state index >= 15 is 0 Å². The molecule has 0 amide bonds. The van der Waals surface area contributed by atoms with Crippen LogP contribution in [0.4, 0.5) is 0 Å². The Balaban J connectivity index is 1.86. The fourth-order valence-electron chi connectivity index (χ4n) is 1.71. The first kappa shape index (κ1) is 16.4. The maximum atomic E-state index is 10.8. The van der Waals surface area contributed by atoms with Crippen molar-refractivity contribution < 1.29 is 18.7 Å².